The Kier molecular flexibility index (Phi) is 5.95. The van der Waals surface area contributed by atoms with E-state index in [-0.39, 0.29) is 17.7 Å². The van der Waals surface area contributed by atoms with Gasteiger partial charge in [0, 0.05) is 29.2 Å². The average molecular weight is 464 g/mol. The van der Waals surface area contributed by atoms with Gasteiger partial charge in [0.1, 0.15) is 5.82 Å². The number of hydrogen-bond acceptors (Lipinski definition) is 2. The van der Waals surface area contributed by atoms with Crippen molar-refractivity contribution in [1.29, 1.82) is 5.26 Å². The van der Waals surface area contributed by atoms with Gasteiger partial charge in [-0.25, -0.2) is 9.18 Å². The molecule has 1 heterocycles. The van der Waals surface area contributed by atoms with Crippen molar-refractivity contribution < 1.29 is 27.5 Å². The van der Waals surface area contributed by atoms with Crippen LogP contribution in [0.15, 0.2) is 72.9 Å². The normalized spacial score (nSPS) is 12.0. The number of rotatable bonds is 5. The van der Waals surface area contributed by atoms with E-state index in [1.165, 1.54) is 42.5 Å². The van der Waals surface area contributed by atoms with E-state index in [4.69, 9.17) is 5.11 Å². The molecule has 8 heteroatoms. The number of carboxylic acid groups (broad SMARTS) is 1. The zero-order chi connectivity index (χ0) is 24.5. The lowest BCUT2D eigenvalue weighted by Gasteiger charge is -2.09. The van der Waals surface area contributed by atoms with Gasteiger partial charge in [-0.2, -0.15) is 18.4 Å². The highest BCUT2D eigenvalue weighted by Gasteiger charge is 2.31. The second kappa shape index (κ2) is 8.87. The standard InChI is InChI=1S/C26H16F4N2O2/c27-22-8-1-16(2-9-22)14-32-15-20(23-10-7-21(12-24(23)32)26(28,29)30)11-19(13-31)17-3-5-18(6-4-17)25(33)34/h1-12,15H,14H2,(H,33,34). The predicted molar refractivity (Wildman–Crippen MR) is 119 cm³/mol. The minimum atomic E-state index is -4.53. The van der Waals surface area contributed by atoms with Crippen molar-refractivity contribution in [3.63, 3.8) is 0 Å². The number of alkyl halides is 3. The molecule has 0 fully saturated rings. The molecule has 0 amide bonds. The maximum absolute atomic E-state index is 13.4. The summed E-state index contributed by atoms with van der Waals surface area (Å²) < 4.78 is 55.0. The molecule has 0 atom stereocenters. The Morgan fingerprint density at radius 1 is 1.00 bits per heavy atom. The molecule has 0 bridgehead atoms. The van der Waals surface area contributed by atoms with Gasteiger partial charge in [0.25, 0.3) is 0 Å². The molecule has 0 aliphatic rings. The maximum atomic E-state index is 13.4. The van der Waals surface area contributed by atoms with Crippen molar-refractivity contribution in [3.05, 3.63) is 107 Å². The van der Waals surface area contributed by atoms with Gasteiger partial charge in [0.05, 0.1) is 22.8 Å². The Morgan fingerprint density at radius 2 is 1.65 bits per heavy atom. The van der Waals surface area contributed by atoms with Crippen molar-refractivity contribution in [2.24, 2.45) is 0 Å². The number of hydrogen-bond donors (Lipinski definition) is 1. The third kappa shape index (κ3) is 4.69. The van der Waals surface area contributed by atoms with E-state index < -0.39 is 23.5 Å². The van der Waals surface area contributed by atoms with E-state index in [9.17, 15) is 27.6 Å². The Bertz CT molecular complexity index is 1440. The Morgan fingerprint density at radius 3 is 2.24 bits per heavy atom. The third-order valence-corrected chi connectivity index (χ3v) is 5.37. The van der Waals surface area contributed by atoms with Gasteiger partial charge in [0.15, 0.2) is 0 Å². The minimum absolute atomic E-state index is 0.0663. The topological polar surface area (TPSA) is 66.0 Å². The molecular weight excluding hydrogens is 448 g/mol. The summed E-state index contributed by atoms with van der Waals surface area (Å²) >= 11 is 0. The number of nitrogens with zero attached hydrogens (tertiary/aromatic N) is 2. The van der Waals surface area contributed by atoms with E-state index in [1.807, 2.05) is 0 Å². The number of benzene rings is 3. The second-order valence-corrected chi connectivity index (χ2v) is 7.62. The van der Waals surface area contributed by atoms with E-state index in [1.54, 1.807) is 29.0 Å². The first kappa shape index (κ1) is 22.8. The number of nitriles is 1. The van der Waals surface area contributed by atoms with Crippen LogP contribution in [0.25, 0.3) is 22.6 Å². The largest absolute Gasteiger partial charge is 0.478 e. The molecule has 0 aliphatic heterocycles. The summed E-state index contributed by atoms with van der Waals surface area (Å²) in [6.07, 6.45) is -1.34. The maximum Gasteiger partial charge on any atom is 0.416 e. The number of allylic oxidation sites excluding steroid dienone is 1. The van der Waals surface area contributed by atoms with Crippen LogP contribution in [-0.2, 0) is 12.7 Å². The molecule has 0 saturated heterocycles. The summed E-state index contributed by atoms with van der Waals surface area (Å²) in [5.41, 5.74) is 1.47. The van der Waals surface area contributed by atoms with Crippen LogP contribution in [0.1, 0.15) is 32.6 Å². The Labute approximate surface area is 191 Å². The van der Waals surface area contributed by atoms with Crippen molar-refractivity contribution >= 4 is 28.5 Å². The second-order valence-electron chi connectivity index (χ2n) is 7.62. The minimum Gasteiger partial charge on any atom is -0.478 e. The molecule has 0 spiro atoms. The number of aromatic nitrogens is 1. The fraction of sp³-hybridized carbons (Fsp3) is 0.0769. The molecule has 1 aromatic heterocycles. The zero-order valence-corrected chi connectivity index (χ0v) is 17.5. The fourth-order valence-electron chi connectivity index (χ4n) is 3.66. The summed E-state index contributed by atoms with van der Waals surface area (Å²) in [6, 6.07) is 16.8. The molecule has 4 rings (SSSR count). The van der Waals surface area contributed by atoms with E-state index in [2.05, 4.69) is 6.07 Å². The van der Waals surface area contributed by atoms with Crippen molar-refractivity contribution in [2.75, 3.05) is 0 Å². The van der Waals surface area contributed by atoms with Gasteiger partial charge < -0.3 is 9.67 Å². The molecular formula is C26H16F4N2O2. The molecule has 0 aliphatic carbocycles. The summed E-state index contributed by atoms with van der Waals surface area (Å²) in [5, 5.41) is 19.2. The van der Waals surface area contributed by atoms with Crippen LogP contribution in [0.3, 0.4) is 0 Å². The van der Waals surface area contributed by atoms with Crippen molar-refractivity contribution in [2.45, 2.75) is 12.7 Å². The van der Waals surface area contributed by atoms with E-state index >= 15 is 0 Å². The summed E-state index contributed by atoms with van der Waals surface area (Å²) in [6.45, 7) is 0.196. The average Bonchev–Trinajstić information content (AvgIpc) is 3.15. The van der Waals surface area contributed by atoms with Crippen LogP contribution in [0.4, 0.5) is 17.6 Å². The first-order chi connectivity index (χ1) is 16.2. The predicted octanol–water partition coefficient (Wildman–Crippen LogP) is 6.61. The van der Waals surface area contributed by atoms with Crippen LogP contribution in [0, 0.1) is 17.1 Å². The van der Waals surface area contributed by atoms with Crippen LogP contribution in [0.5, 0.6) is 0 Å². The summed E-state index contributed by atoms with van der Waals surface area (Å²) in [5.74, 6) is -1.52. The van der Waals surface area contributed by atoms with Crippen LogP contribution in [0.2, 0.25) is 0 Å². The van der Waals surface area contributed by atoms with Gasteiger partial charge in [-0.1, -0.05) is 30.3 Å². The first-order valence-corrected chi connectivity index (χ1v) is 10.1. The highest BCUT2D eigenvalue weighted by Crippen LogP contribution is 2.34. The molecule has 0 unspecified atom stereocenters. The van der Waals surface area contributed by atoms with Crippen molar-refractivity contribution in [1.82, 2.24) is 4.57 Å². The number of carbonyl (C=O) groups is 1. The highest BCUT2D eigenvalue weighted by molar-refractivity contribution is 5.98. The van der Waals surface area contributed by atoms with Gasteiger partial charge >= 0.3 is 12.1 Å². The third-order valence-electron chi connectivity index (χ3n) is 5.37. The van der Waals surface area contributed by atoms with Crippen LogP contribution >= 0.6 is 0 Å². The zero-order valence-electron chi connectivity index (χ0n) is 17.5. The van der Waals surface area contributed by atoms with E-state index in [0.29, 0.717) is 27.6 Å². The quantitative estimate of drug-likeness (QED) is 0.267. The van der Waals surface area contributed by atoms with E-state index in [0.717, 1.165) is 12.1 Å². The Balaban J connectivity index is 1.83. The lowest BCUT2D eigenvalue weighted by atomic mass is 10.0. The number of aromatic carboxylic acids is 1. The molecule has 0 saturated carbocycles. The van der Waals surface area contributed by atoms with Gasteiger partial charge in [-0.15, -0.1) is 0 Å². The molecule has 170 valence electrons. The number of halogens is 4. The SMILES string of the molecule is N#CC(=Cc1cn(Cc2ccc(F)cc2)c2cc(C(F)(F)F)ccc12)c1ccc(C(=O)O)cc1. The smallest absolute Gasteiger partial charge is 0.416 e. The number of carboxylic acids is 1. The van der Waals surface area contributed by atoms with Crippen molar-refractivity contribution in [3.8, 4) is 6.07 Å². The molecule has 0 radical (unpaired) electrons. The number of fused-ring (bicyclic) bond motifs is 1. The highest BCUT2D eigenvalue weighted by atomic mass is 19.4. The first-order valence-electron chi connectivity index (χ1n) is 10.1. The molecule has 4 nitrogen and oxygen atoms in total. The van der Waals surface area contributed by atoms with Gasteiger partial charge in [0.2, 0.25) is 0 Å². The fourth-order valence-corrected chi connectivity index (χ4v) is 3.66. The molecule has 1 N–H and O–H groups in total. The molecule has 34 heavy (non-hydrogen) atoms. The summed E-state index contributed by atoms with van der Waals surface area (Å²) in [7, 11) is 0. The Hall–Kier alpha value is -4.38. The molecule has 4 aromatic rings. The lowest BCUT2D eigenvalue weighted by Crippen LogP contribution is -2.05. The van der Waals surface area contributed by atoms with Gasteiger partial charge in [-0.3, -0.25) is 0 Å². The lowest BCUT2D eigenvalue weighted by molar-refractivity contribution is -0.137. The summed E-state index contributed by atoms with van der Waals surface area (Å²) in [4.78, 5) is 11.1. The monoisotopic (exact) mass is 464 g/mol. The van der Waals surface area contributed by atoms with Crippen LogP contribution in [-0.4, -0.2) is 15.6 Å². The van der Waals surface area contributed by atoms with Crippen LogP contribution < -0.4 is 0 Å². The van der Waals surface area contributed by atoms with Gasteiger partial charge in [-0.05, 0) is 53.6 Å². The molecule has 3 aromatic carbocycles.